The Morgan fingerprint density at radius 2 is 1.86 bits per heavy atom. The van der Waals surface area contributed by atoms with Crippen molar-refractivity contribution in [2.45, 2.75) is 0 Å². The third kappa shape index (κ3) is 1.47. The van der Waals surface area contributed by atoms with E-state index >= 15 is 0 Å². The number of nitrogens with one attached hydrogen (secondary N) is 2. The van der Waals surface area contributed by atoms with Crippen LogP contribution in [-0.2, 0) is 0 Å². The van der Waals surface area contributed by atoms with E-state index in [1.807, 2.05) is 30.3 Å². The second kappa shape index (κ2) is 3.29. The molecule has 0 atom stereocenters. The first kappa shape index (κ1) is 8.43. The first-order valence-electron chi connectivity index (χ1n) is 4.12. The highest BCUT2D eigenvalue weighted by Gasteiger charge is 2.12. The summed E-state index contributed by atoms with van der Waals surface area (Å²) < 4.78 is 0. The van der Waals surface area contributed by atoms with Gasteiger partial charge in [-0.15, -0.1) is 0 Å². The summed E-state index contributed by atoms with van der Waals surface area (Å²) in [5, 5.41) is 9.50. The molecule has 1 aliphatic heterocycles. The van der Waals surface area contributed by atoms with Gasteiger partial charge in [0.15, 0.2) is 0 Å². The molecule has 1 aliphatic rings. The highest BCUT2D eigenvalue weighted by molar-refractivity contribution is 5.83. The zero-order valence-corrected chi connectivity index (χ0v) is 7.36. The van der Waals surface area contributed by atoms with Crippen molar-refractivity contribution >= 4 is 11.7 Å². The van der Waals surface area contributed by atoms with E-state index < -0.39 is 0 Å². The van der Waals surface area contributed by atoms with Crippen molar-refractivity contribution < 1.29 is 5.11 Å². The van der Waals surface area contributed by atoms with Crippen molar-refractivity contribution in [1.82, 2.24) is 10.9 Å². The topological polar surface area (TPSA) is 82.7 Å². The standard InChI is InChI=1S/C9H10N4O/c10-9-11-8(14)7(12-13-9)6-4-2-1-3-5-6/h1-5,12,14H,(H3,10,11,13). The third-order valence-electron chi connectivity index (χ3n) is 1.83. The second-order valence-corrected chi connectivity index (χ2v) is 2.81. The molecule has 1 heterocycles. The molecule has 0 aliphatic carbocycles. The third-order valence-corrected chi connectivity index (χ3v) is 1.83. The van der Waals surface area contributed by atoms with Crippen molar-refractivity contribution in [1.29, 1.82) is 0 Å². The van der Waals surface area contributed by atoms with Crippen molar-refractivity contribution in [3.05, 3.63) is 41.8 Å². The van der Waals surface area contributed by atoms with Gasteiger partial charge in [-0.2, -0.15) is 4.99 Å². The van der Waals surface area contributed by atoms with Crippen LogP contribution in [0.3, 0.4) is 0 Å². The van der Waals surface area contributed by atoms with Crippen molar-refractivity contribution in [3.8, 4) is 0 Å². The predicted octanol–water partition coefficient (Wildman–Crippen LogP) is 0.293. The Labute approximate surface area is 80.9 Å². The Hall–Kier alpha value is -2.17. The Bertz CT molecular complexity index is 397. The van der Waals surface area contributed by atoms with E-state index in [4.69, 9.17) is 5.73 Å². The van der Waals surface area contributed by atoms with Crippen molar-refractivity contribution in [3.63, 3.8) is 0 Å². The lowest BCUT2D eigenvalue weighted by Gasteiger charge is -2.17. The van der Waals surface area contributed by atoms with E-state index in [-0.39, 0.29) is 11.8 Å². The average molecular weight is 190 g/mol. The van der Waals surface area contributed by atoms with Crippen LogP contribution in [0.25, 0.3) is 5.70 Å². The Balaban J connectivity index is 2.41. The molecule has 0 unspecified atom stereocenters. The van der Waals surface area contributed by atoms with Gasteiger partial charge in [0.2, 0.25) is 11.8 Å². The molecule has 5 N–H and O–H groups in total. The first-order valence-corrected chi connectivity index (χ1v) is 4.12. The summed E-state index contributed by atoms with van der Waals surface area (Å²) in [4.78, 5) is 3.70. The molecule has 0 fully saturated rings. The highest BCUT2D eigenvalue weighted by Crippen LogP contribution is 2.15. The van der Waals surface area contributed by atoms with Crippen LogP contribution < -0.4 is 16.6 Å². The molecule has 0 aromatic heterocycles. The molecule has 14 heavy (non-hydrogen) atoms. The SMILES string of the molecule is NC1=NC(O)=C(c2ccccc2)NN1. The van der Waals surface area contributed by atoms with Crippen LogP contribution in [0.4, 0.5) is 0 Å². The number of nitrogens with zero attached hydrogens (tertiary/aromatic N) is 1. The Kier molecular flexibility index (Phi) is 1.98. The molecule has 0 bridgehead atoms. The van der Waals surface area contributed by atoms with E-state index in [9.17, 15) is 5.11 Å². The fraction of sp³-hybridized carbons (Fsp3) is 0. The Morgan fingerprint density at radius 1 is 1.14 bits per heavy atom. The monoisotopic (exact) mass is 190 g/mol. The van der Waals surface area contributed by atoms with Gasteiger partial charge >= 0.3 is 0 Å². The second-order valence-electron chi connectivity index (χ2n) is 2.81. The maximum absolute atomic E-state index is 9.50. The van der Waals surface area contributed by atoms with E-state index in [1.165, 1.54) is 0 Å². The molecule has 1 aromatic carbocycles. The van der Waals surface area contributed by atoms with Gasteiger partial charge in [0, 0.05) is 5.56 Å². The molecule has 0 amide bonds. The molecule has 5 nitrogen and oxygen atoms in total. The summed E-state index contributed by atoms with van der Waals surface area (Å²) in [7, 11) is 0. The average Bonchev–Trinajstić information content (AvgIpc) is 2.19. The lowest BCUT2D eigenvalue weighted by molar-refractivity contribution is 0.400. The lowest BCUT2D eigenvalue weighted by atomic mass is 10.1. The number of benzene rings is 1. The maximum atomic E-state index is 9.50. The fourth-order valence-corrected chi connectivity index (χ4v) is 1.19. The van der Waals surface area contributed by atoms with Crippen LogP contribution in [0.2, 0.25) is 0 Å². The number of hydrogen-bond donors (Lipinski definition) is 4. The summed E-state index contributed by atoms with van der Waals surface area (Å²) in [5.41, 5.74) is 12.1. The molecule has 72 valence electrons. The minimum absolute atomic E-state index is 0.118. The zero-order chi connectivity index (χ0) is 9.97. The number of hydrazine groups is 1. The number of aliphatic hydroxyl groups is 1. The smallest absolute Gasteiger partial charge is 0.240 e. The van der Waals surface area contributed by atoms with Gasteiger partial charge in [0.1, 0.15) is 5.70 Å². The Morgan fingerprint density at radius 3 is 2.50 bits per heavy atom. The number of nitrogens with two attached hydrogens (primary N) is 1. The molecule has 0 radical (unpaired) electrons. The van der Waals surface area contributed by atoms with Crippen LogP contribution in [0.5, 0.6) is 0 Å². The number of guanidine groups is 1. The van der Waals surface area contributed by atoms with Gasteiger partial charge in [0.25, 0.3) is 0 Å². The van der Waals surface area contributed by atoms with E-state index in [1.54, 1.807) is 0 Å². The van der Waals surface area contributed by atoms with Crippen LogP contribution >= 0.6 is 0 Å². The van der Waals surface area contributed by atoms with Gasteiger partial charge in [-0.3, -0.25) is 10.9 Å². The molecule has 0 saturated carbocycles. The lowest BCUT2D eigenvalue weighted by Crippen LogP contribution is -2.44. The van der Waals surface area contributed by atoms with Gasteiger partial charge in [-0.05, 0) is 0 Å². The van der Waals surface area contributed by atoms with Crippen molar-refractivity contribution in [2.24, 2.45) is 10.7 Å². The number of hydrogen-bond acceptors (Lipinski definition) is 5. The molecular formula is C9H10N4O. The van der Waals surface area contributed by atoms with Crippen LogP contribution in [0.1, 0.15) is 5.56 Å². The normalized spacial score (nSPS) is 15.6. The highest BCUT2D eigenvalue weighted by atomic mass is 16.3. The van der Waals surface area contributed by atoms with Crippen LogP contribution in [0, 0.1) is 0 Å². The minimum Gasteiger partial charge on any atom is -0.492 e. The van der Waals surface area contributed by atoms with Crippen molar-refractivity contribution in [2.75, 3.05) is 0 Å². The number of aliphatic imine (C=N–C) groups is 1. The number of rotatable bonds is 1. The molecule has 2 rings (SSSR count). The summed E-state index contributed by atoms with van der Waals surface area (Å²) in [6.45, 7) is 0. The number of aliphatic hydroxyl groups excluding tert-OH is 1. The van der Waals surface area contributed by atoms with Crippen LogP contribution in [0.15, 0.2) is 41.2 Å². The van der Waals surface area contributed by atoms with Gasteiger partial charge in [-0.25, -0.2) is 0 Å². The predicted molar refractivity (Wildman–Crippen MR) is 53.9 cm³/mol. The zero-order valence-electron chi connectivity index (χ0n) is 7.36. The molecular weight excluding hydrogens is 180 g/mol. The van der Waals surface area contributed by atoms with Gasteiger partial charge < -0.3 is 10.8 Å². The van der Waals surface area contributed by atoms with E-state index in [0.29, 0.717) is 5.70 Å². The molecule has 5 heteroatoms. The summed E-state index contributed by atoms with van der Waals surface area (Å²) in [6.07, 6.45) is 0. The summed E-state index contributed by atoms with van der Waals surface area (Å²) >= 11 is 0. The quantitative estimate of drug-likeness (QED) is 0.513. The maximum Gasteiger partial charge on any atom is 0.240 e. The van der Waals surface area contributed by atoms with Crippen LogP contribution in [-0.4, -0.2) is 11.1 Å². The molecule has 0 saturated heterocycles. The largest absolute Gasteiger partial charge is 0.492 e. The molecule has 1 aromatic rings. The fourth-order valence-electron chi connectivity index (χ4n) is 1.19. The van der Waals surface area contributed by atoms with Gasteiger partial charge in [0.05, 0.1) is 0 Å². The van der Waals surface area contributed by atoms with Gasteiger partial charge in [-0.1, -0.05) is 30.3 Å². The summed E-state index contributed by atoms with van der Waals surface area (Å²) in [6, 6.07) is 9.36. The van der Waals surface area contributed by atoms with E-state index in [0.717, 1.165) is 5.56 Å². The van der Waals surface area contributed by atoms with E-state index in [2.05, 4.69) is 15.8 Å². The summed E-state index contributed by atoms with van der Waals surface area (Å²) in [5.74, 6) is 0.0228. The first-order chi connectivity index (χ1) is 6.77. The minimum atomic E-state index is -0.118. The molecule has 0 spiro atoms.